The van der Waals surface area contributed by atoms with Crippen LogP contribution in [0.15, 0.2) is 18.3 Å². The second-order valence-electron chi connectivity index (χ2n) is 4.09. The van der Waals surface area contributed by atoms with Crippen LogP contribution in [-0.4, -0.2) is 9.78 Å². The summed E-state index contributed by atoms with van der Waals surface area (Å²) in [5, 5.41) is 4.31. The van der Waals surface area contributed by atoms with Crippen LogP contribution in [0.5, 0.6) is 0 Å². The first kappa shape index (κ1) is 14.8. The third-order valence-electron chi connectivity index (χ3n) is 2.91. The number of nitrogens with one attached hydrogen (secondary N) is 1. The van der Waals surface area contributed by atoms with Gasteiger partial charge in [0.2, 0.25) is 0 Å². The molecule has 1 heterocycles. The fourth-order valence-corrected chi connectivity index (χ4v) is 2.24. The summed E-state index contributed by atoms with van der Waals surface area (Å²) in [6.45, 7) is 2.32. The van der Waals surface area contributed by atoms with Gasteiger partial charge in [-0.05, 0) is 24.6 Å². The number of benzene rings is 1. The fourth-order valence-electron chi connectivity index (χ4n) is 1.99. The maximum absolute atomic E-state index is 13.3. The van der Waals surface area contributed by atoms with E-state index in [0.717, 1.165) is 12.1 Å². The lowest BCUT2D eigenvalue weighted by molar-refractivity contribution is 0.441. The molecule has 0 saturated heterocycles. The van der Waals surface area contributed by atoms with Crippen LogP contribution in [0.4, 0.5) is 13.2 Å². The van der Waals surface area contributed by atoms with E-state index in [1.165, 1.54) is 10.9 Å². The van der Waals surface area contributed by atoms with Gasteiger partial charge < -0.3 is 0 Å². The lowest BCUT2D eigenvalue weighted by Gasteiger charge is -2.18. The van der Waals surface area contributed by atoms with Gasteiger partial charge in [-0.2, -0.15) is 5.10 Å². The molecular weight excluding hydrogens is 293 g/mol. The van der Waals surface area contributed by atoms with Crippen LogP contribution in [0.25, 0.3) is 0 Å². The molecule has 0 saturated carbocycles. The highest BCUT2D eigenvalue weighted by atomic mass is 35.5. The highest BCUT2D eigenvalue weighted by Gasteiger charge is 2.23. The maximum Gasteiger partial charge on any atom is 0.194 e. The maximum atomic E-state index is 13.3. The molecule has 1 atom stereocenters. The van der Waals surface area contributed by atoms with E-state index in [1.807, 2.05) is 6.92 Å². The zero-order valence-corrected chi connectivity index (χ0v) is 11.3. The van der Waals surface area contributed by atoms with Crippen molar-refractivity contribution in [2.75, 3.05) is 0 Å². The highest BCUT2D eigenvalue weighted by Crippen LogP contribution is 2.29. The second kappa shape index (κ2) is 5.82. The standard InChI is InChI=1S/C12H12ClF3N4/c1-2-20-12(7(13)5-18-20)11(19-17)6-3-8(14)10(16)9(15)4-6/h3-5,11,19H,2,17H2,1H3. The Morgan fingerprint density at radius 3 is 2.45 bits per heavy atom. The lowest BCUT2D eigenvalue weighted by Crippen LogP contribution is -2.31. The van der Waals surface area contributed by atoms with Gasteiger partial charge in [-0.25, -0.2) is 18.6 Å². The molecule has 4 nitrogen and oxygen atoms in total. The van der Waals surface area contributed by atoms with Crippen LogP contribution < -0.4 is 11.3 Å². The van der Waals surface area contributed by atoms with Crippen LogP contribution in [0, 0.1) is 17.5 Å². The van der Waals surface area contributed by atoms with Crippen molar-refractivity contribution in [3.05, 3.63) is 52.1 Å². The monoisotopic (exact) mass is 304 g/mol. The molecule has 20 heavy (non-hydrogen) atoms. The van der Waals surface area contributed by atoms with Gasteiger partial charge in [0.05, 0.1) is 23.0 Å². The van der Waals surface area contributed by atoms with Gasteiger partial charge in [-0.15, -0.1) is 0 Å². The molecular formula is C12H12ClF3N4. The van der Waals surface area contributed by atoms with Crippen LogP contribution >= 0.6 is 11.6 Å². The zero-order valence-electron chi connectivity index (χ0n) is 10.5. The van der Waals surface area contributed by atoms with Crippen molar-refractivity contribution < 1.29 is 13.2 Å². The smallest absolute Gasteiger partial charge is 0.194 e. The molecule has 0 fully saturated rings. The summed E-state index contributed by atoms with van der Waals surface area (Å²) in [4.78, 5) is 0. The Kier molecular flexibility index (Phi) is 4.32. The number of rotatable bonds is 4. The lowest BCUT2D eigenvalue weighted by atomic mass is 10.0. The number of hydrazine groups is 1. The van der Waals surface area contributed by atoms with Crippen LogP contribution in [-0.2, 0) is 6.54 Å². The number of aryl methyl sites for hydroxylation is 1. The minimum Gasteiger partial charge on any atom is -0.271 e. The molecule has 0 amide bonds. The number of aromatic nitrogens is 2. The minimum atomic E-state index is -1.53. The van der Waals surface area contributed by atoms with E-state index in [-0.39, 0.29) is 5.56 Å². The molecule has 0 spiro atoms. The van der Waals surface area contributed by atoms with Gasteiger partial charge >= 0.3 is 0 Å². The van der Waals surface area contributed by atoms with E-state index < -0.39 is 23.5 Å². The molecule has 2 aromatic rings. The largest absolute Gasteiger partial charge is 0.271 e. The molecule has 1 aromatic carbocycles. The SMILES string of the molecule is CCn1ncc(Cl)c1C(NN)c1cc(F)c(F)c(F)c1. The third kappa shape index (κ3) is 2.52. The summed E-state index contributed by atoms with van der Waals surface area (Å²) in [6.07, 6.45) is 1.40. The first-order chi connectivity index (χ1) is 9.49. The highest BCUT2D eigenvalue weighted by molar-refractivity contribution is 6.31. The van der Waals surface area contributed by atoms with Crippen molar-refractivity contribution in [1.82, 2.24) is 15.2 Å². The first-order valence-corrected chi connectivity index (χ1v) is 6.19. The van der Waals surface area contributed by atoms with E-state index in [0.29, 0.717) is 17.3 Å². The second-order valence-corrected chi connectivity index (χ2v) is 4.50. The summed E-state index contributed by atoms with van der Waals surface area (Å²) < 4.78 is 41.2. The number of hydrogen-bond acceptors (Lipinski definition) is 3. The Balaban J connectivity index is 2.55. The summed E-state index contributed by atoms with van der Waals surface area (Å²) in [6, 6.07) is 0.924. The predicted molar refractivity (Wildman–Crippen MR) is 68.4 cm³/mol. The van der Waals surface area contributed by atoms with Gasteiger partial charge in [-0.1, -0.05) is 11.6 Å². The normalized spacial score (nSPS) is 12.7. The molecule has 0 aliphatic rings. The predicted octanol–water partition coefficient (Wildman–Crippen LogP) is 2.53. The van der Waals surface area contributed by atoms with Crippen molar-refractivity contribution in [2.24, 2.45) is 5.84 Å². The molecule has 3 N–H and O–H groups in total. The summed E-state index contributed by atoms with van der Waals surface area (Å²) in [5.74, 6) is 1.32. The molecule has 1 aromatic heterocycles. The van der Waals surface area contributed by atoms with E-state index in [9.17, 15) is 13.2 Å². The Morgan fingerprint density at radius 2 is 1.95 bits per heavy atom. The number of nitrogens with two attached hydrogens (primary N) is 1. The number of nitrogens with zero attached hydrogens (tertiary/aromatic N) is 2. The van der Waals surface area contributed by atoms with E-state index in [4.69, 9.17) is 17.4 Å². The summed E-state index contributed by atoms with van der Waals surface area (Å²) in [5.41, 5.74) is 2.97. The molecule has 1 unspecified atom stereocenters. The van der Waals surface area contributed by atoms with Crippen molar-refractivity contribution in [3.8, 4) is 0 Å². The van der Waals surface area contributed by atoms with Crippen molar-refractivity contribution in [1.29, 1.82) is 0 Å². The number of hydrogen-bond donors (Lipinski definition) is 2. The van der Waals surface area contributed by atoms with E-state index in [1.54, 1.807) is 0 Å². The molecule has 2 rings (SSSR count). The van der Waals surface area contributed by atoms with Crippen molar-refractivity contribution in [2.45, 2.75) is 19.5 Å². The van der Waals surface area contributed by atoms with Gasteiger partial charge in [0, 0.05) is 6.54 Å². The average Bonchev–Trinajstić information content (AvgIpc) is 2.78. The minimum absolute atomic E-state index is 0.112. The quantitative estimate of drug-likeness (QED) is 0.518. The zero-order chi connectivity index (χ0) is 14.9. The fraction of sp³-hybridized carbons (Fsp3) is 0.250. The Bertz CT molecular complexity index is 606. The third-order valence-corrected chi connectivity index (χ3v) is 3.20. The van der Waals surface area contributed by atoms with Gasteiger partial charge in [-0.3, -0.25) is 10.5 Å². The Hall–Kier alpha value is -1.57. The van der Waals surface area contributed by atoms with E-state index in [2.05, 4.69) is 10.5 Å². The van der Waals surface area contributed by atoms with E-state index >= 15 is 0 Å². The van der Waals surface area contributed by atoms with Gasteiger partial charge in [0.25, 0.3) is 0 Å². The Labute approximate surface area is 118 Å². The average molecular weight is 305 g/mol. The summed E-state index contributed by atoms with van der Waals surface area (Å²) in [7, 11) is 0. The van der Waals surface area contributed by atoms with Crippen LogP contribution in [0.3, 0.4) is 0 Å². The molecule has 0 aliphatic heterocycles. The molecule has 8 heteroatoms. The molecule has 0 radical (unpaired) electrons. The number of halogens is 4. The first-order valence-electron chi connectivity index (χ1n) is 5.81. The molecule has 108 valence electrons. The van der Waals surface area contributed by atoms with Crippen molar-refractivity contribution >= 4 is 11.6 Å². The van der Waals surface area contributed by atoms with Crippen LogP contribution in [0.2, 0.25) is 5.02 Å². The van der Waals surface area contributed by atoms with Gasteiger partial charge in [0.15, 0.2) is 17.5 Å². The van der Waals surface area contributed by atoms with Crippen LogP contribution in [0.1, 0.15) is 24.2 Å². The molecule has 0 bridgehead atoms. The topological polar surface area (TPSA) is 55.9 Å². The summed E-state index contributed by atoms with van der Waals surface area (Å²) >= 11 is 6.02. The molecule has 0 aliphatic carbocycles. The van der Waals surface area contributed by atoms with Gasteiger partial charge in [0.1, 0.15) is 0 Å². The Morgan fingerprint density at radius 1 is 1.35 bits per heavy atom. The van der Waals surface area contributed by atoms with Crippen molar-refractivity contribution in [3.63, 3.8) is 0 Å².